The molecule has 1 fully saturated rings. The smallest absolute Gasteiger partial charge is 0.129 e. The lowest BCUT2D eigenvalue weighted by Crippen LogP contribution is -2.14. The molecule has 0 unspecified atom stereocenters. The van der Waals surface area contributed by atoms with E-state index in [1.807, 2.05) is 12.1 Å². The van der Waals surface area contributed by atoms with Crippen molar-refractivity contribution in [1.29, 1.82) is 0 Å². The highest BCUT2D eigenvalue weighted by Crippen LogP contribution is 2.26. The summed E-state index contributed by atoms with van der Waals surface area (Å²) in [6, 6.07) is 5.48. The standard InChI is InChI=1S/C10H11BrFN/c11-7-3-4-8(9(12)6-7)10-2-1-5-13-10/h3-4,6,10,13H,1-2,5H2/t10-/m0/s1. The fourth-order valence-electron chi connectivity index (χ4n) is 1.73. The van der Waals surface area contributed by atoms with E-state index in [1.165, 1.54) is 6.07 Å². The molecule has 0 amide bonds. The summed E-state index contributed by atoms with van der Waals surface area (Å²) in [7, 11) is 0. The van der Waals surface area contributed by atoms with Gasteiger partial charge in [0.2, 0.25) is 0 Å². The minimum Gasteiger partial charge on any atom is -0.310 e. The SMILES string of the molecule is Fc1cc(Br)ccc1[C@@H]1CCCN1. The summed E-state index contributed by atoms with van der Waals surface area (Å²) >= 11 is 3.24. The topological polar surface area (TPSA) is 12.0 Å². The number of benzene rings is 1. The first kappa shape index (κ1) is 9.16. The molecular weight excluding hydrogens is 233 g/mol. The zero-order valence-electron chi connectivity index (χ0n) is 7.19. The molecule has 1 nitrogen and oxygen atoms in total. The Morgan fingerprint density at radius 2 is 2.31 bits per heavy atom. The fraction of sp³-hybridized carbons (Fsp3) is 0.400. The number of hydrogen-bond acceptors (Lipinski definition) is 1. The third-order valence-corrected chi connectivity index (χ3v) is 2.89. The van der Waals surface area contributed by atoms with Gasteiger partial charge in [-0.25, -0.2) is 4.39 Å². The predicted octanol–water partition coefficient (Wildman–Crippen LogP) is 3.01. The summed E-state index contributed by atoms with van der Waals surface area (Å²) < 4.78 is 14.2. The minimum atomic E-state index is -0.117. The molecule has 2 rings (SSSR count). The number of nitrogens with one attached hydrogen (secondary N) is 1. The van der Waals surface area contributed by atoms with Crippen LogP contribution in [0, 0.1) is 5.82 Å². The molecule has 1 saturated heterocycles. The van der Waals surface area contributed by atoms with Gasteiger partial charge < -0.3 is 5.32 Å². The first-order valence-electron chi connectivity index (χ1n) is 4.46. The highest BCUT2D eigenvalue weighted by Gasteiger charge is 2.19. The second-order valence-electron chi connectivity index (χ2n) is 3.31. The molecule has 1 aliphatic rings. The zero-order chi connectivity index (χ0) is 9.26. The van der Waals surface area contributed by atoms with Gasteiger partial charge in [0.25, 0.3) is 0 Å². The van der Waals surface area contributed by atoms with Gasteiger partial charge in [-0.3, -0.25) is 0 Å². The van der Waals surface area contributed by atoms with Gasteiger partial charge in [-0.1, -0.05) is 22.0 Å². The van der Waals surface area contributed by atoms with Gasteiger partial charge in [-0.15, -0.1) is 0 Å². The van der Waals surface area contributed by atoms with Crippen LogP contribution >= 0.6 is 15.9 Å². The highest BCUT2D eigenvalue weighted by molar-refractivity contribution is 9.10. The van der Waals surface area contributed by atoms with Gasteiger partial charge in [-0.05, 0) is 31.5 Å². The molecule has 0 bridgehead atoms. The summed E-state index contributed by atoms with van der Waals surface area (Å²) in [4.78, 5) is 0. The van der Waals surface area contributed by atoms with Gasteiger partial charge >= 0.3 is 0 Å². The molecule has 0 aromatic heterocycles. The number of hydrogen-bond donors (Lipinski definition) is 1. The van der Waals surface area contributed by atoms with Gasteiger partial charge in [0.15, 0.2) is 0 Å². The third kappa shape index (κ3) is 1.92. The Bertz CT molecular complexity index is 308. The second kappa shape index (κ2) is 3.76. The van der Waals surface area contributed by atoms with E-state index in [0.29, 0.717) is 0 Å². The van der Waals surface area contributed by atoms with Gasteiger partial charge in [0.1, 0.15) is 5.82 Å². The highest BCUT2D eigenvalue weighted by atomic mass is 79.9. The lowest BCUT2D eigenvalue weighted by molar-refractivity contribution is 0.558. The quantitative estimate of drug-likeness (QED) is 0.800. The molecule has 1 atom stereocenters. The van der Waals surface area contributed by atoms with Crippen LogP contribution in [-0.4, -0.2) is 6.54 Å². The van der Waals surface area contributed by atoms with Crippen LogP contribution < -0.4 is 5.32 Å². The molecule has 0 radical (unpaired) electrons. The van der Waals surface area contributed by atoms with Crippen molar-refractivity contribution in [3.05, 3.63) is 34.1 Å². The Morgan fingerprint density at radius 1 is 1.46 bits per heavy atom. The first-order chi connectivity index (χ1) is 6.27. The molecule has 0 aliphatic carbocycles. The van der Waals surface area contributed by atoms with E-state index < -0.39 is 0 Å². The second-order valence-corrected chi connectivity index (χ2v) is 4.23. The van der Waals surface area contributed by atoms with Crippen LogP contribution in [0.15, 0.2) is 22.7 Å². The average Bonchev–Trinajstić information content (AvgIpc) is 2.56. The van der Waals surface area contributed by atoms with Crippen molar-refractivity contribution in [1.82, 2.24) is 5.32 Å². The van der Waals surface area contributed by atoms with Crippen LogP contribution in [0.25, 0.3) is 0 Å². The lowest BCUT2D eigenvalue weighted by atomic mass is 10.1. The minimum absolute atomic E-state index is 0.117. The Morgan fingerprint density at radius 3 is 2.92 bits per heavy atom. The molecule has 13 heavy (non-hydrogen) atoms. The number of halogens is 2. The molecule has 0 spiro atoms. The first-order valence-corrected chi connectivity index (χ1v) is 5.25. The molecule has 1 aliphatic heterocycles. The molecule has 1 aromatic carbocycles. The summed E-state index contributed by atoms with van der Waals surface area (Å²) in [6.45, 7) is 1.00. The van der Waals surface area contributed by atoms with Crippen molar-refractivity contribution in [2.24, 2.45) is 0 Å². The van der Waals surface area contributed by atoms with Crippen LogP contribution in [-0.2, 0) is 0 Å². The normalized spacial score (nSPS) is 22.2. The van der Waals surface area contributed by atoms with Gasteiger partial charge in [0.05, 0.1) is 0 Å². The maximum Gasteiger partial charge on any atom is 0.129 e. The Labute approximate surface area is 85.5 Å². The molecule has 0 saturated carbocycles. The van der Waals surface area contributed by atoms with Crippen molar-refractivity contribution in [2.75, 3.05) is 6.54 Å². The molecular formula is C10H11BrFN. The van der Waals surface area contributed by atoms with Crippen LogP contribution in [0.2, 0.25) is 0 Å². The summed E-state index contributed by atoms with van der Waals surface area (Å²) in [5.41, 5.74) is 0.792. The molecule has 1 heterocycles. The largest absolute Gasteiger partial charge is 0.310 e. The summed E-state index contributed by atoms with van der Waals surface area (Å²) in [6.07, 6.45) is 2.18. The summed E-state index contributed by atoms with van der Waals surface area (Å²) in [5, 5.41) is 3.28. The molecule has 3 heteroatoms. The van der Waals surface area contributed by atoms with E-state index in [0.717, 1.165) is 29.4 Å². The molecule has 70 valence electrons. The zero-order valence-corrected chi connectivity index (χ0v) is 8.77. The Balaban J connectivity index is 2.29. The Hall–Kier alpha value is -0.410. The average molecular weight is 244 g/mol. The Kier molecular flexibility index (Phi) is 2.65. The van der Waals surface area contributed by atoms with E-state index in [4.69, 9.17) is 0 Å². The molecule has 1 aromatic rings. The van der Waals surface area contributed by atoms with E-state index in [-0.39, 0.29) is 11.9 Å². The fourth-order valence-corrected chi connectivity index (χ4v) is 2.07. The van der Waals surface area contributed by atoms with Crippen molar-refractivity contribution in [3.8, 4) is 0 Å². The van der Waals surface area contributed by atoms with Crippen LogP contribution in [0.3, 0.4) is 0 Å². The number of rotatable bonds is 1. The predicted molar refractivity (Wildman–Crippen MR) is 54.1 cm³/mol. The lowest BCUT2D eigenvalue weighted by Gasteiger charge is -2.11. The van der Waals surface area contributed by atoms with E-state index in [2.05, 4.69) is 21.2 Å². The van der Waals surface area contributed by atoms with E-state index in [9.17, 15) is 4.39 Å². The van der Waals surface area contributed by atoms with Crippen molar-refractivity contribution in [3.63, 3.8) is 0 Å². The van der Waals surface area contributed by atoms with Crippen LogP contribution in [0.4, 0.5) is 4.39 Å². The van der Waals surface area contributed by atoms with Crippen LogP contribution in [0.1, 0.15) is 24.4 Å². The van der Waals surface area contributed by atoms with Crippen LogP contribution in [0.5, 0.6) is 0 Å². The third-order valence-electron chi connectivity index (χ3n) is 2.40. The molecule has 1 N–H and O–H groups in total. The van der Waals surface area contributed by atoms with Gasteiger partial charge in [-0.2, -0.15) is 0 Å². The summed E-state index contributed by atoms with van der Waals surface area (Å²) in [5.74, 6) is -0.117. The van der Waals surface area contributed by atoms with Gasteiger partial charge in [0, 0.05) is 16.1 Å². The maximum atomic E-state index is 13.4. The van der Waals surface area contributed by atoms with Crippen molar-refractivity contribution in [2.45, 2.75) is 18.9 Å². The van der Waals surface area contributed by atoms with Crippen molar-refractivity contribution >= 4 is 15.9 Å². The van der Waals surface area contributed by atoms with E-state index >= 15 is 0 Å². The van der Waals surface area contributed by atoms with E-state index in [1.54, 1.807) is 0 Å². The monoisotopic (exact) mass is 243 g/mol. The maximum absolute atomic E-state index is 13.4. The van der Waals surface area contributed by atoms with Crippen molar-refractivity contribution < 1.29 is 4.39 Å².